The number of nitrogens with zero attached hydrogens (tertiary/aromatic N) is 4. The van der Waals surface area contributed by atoms with Crippen molar-refractivity contribution in [3.8, 4) is 0 Å². The minimum Gasteiger partial charge on any atom is -0.459 e. The van der Waals surface area contributed by atoms with Gasteiger partial charge in [0.2, 0.25) is 0 Å². The highest BCUT2D eigenvalue weighted by Gasteiger charge is 2.40. The van der Waals surface area contributed by atoms with Gasteiger partial charge in [0, 0.05) is 42.3 Å². The zero-order chi connectivity index (χ0) is 30.0. The Bertz CT molecular complexity index is 1410. The van der Waals surface area contributed by atoms with E-state index in [1.54, 1.807) is 0 Å². The number of unbranched alkanes of at least 4 members (excludes halogenated alkanes) is 1. The zero-order valence-electron chi connectivity index (χ0n) is 25.9. The molecule has 3 aliphatic rings. The molecule has 1 N–H and O–H groups in total. The quantitative estimate of drug-likeness (QED) is 0.222. The Morgan fingerprint density at radius 2 is 2.09 bits per heavy atom. The Kier molecular flexibility index (Phi) is 9.00. The molecule has 0 amide bonds. The van der Waals surface area contributed by atoms with Crippen molar-refractivity contribution in [2.75, 3.05) is 38.2 Å². The van der Waals surface area contributed by atoms with Gasteiger partial charge in [0.1, 0.15) is 23.6 Å². The van der Waals surface area contributed by atoms with Crippen molar-refractivity contribution >= 4 is 22.7 Å². The Hall–Kier alpha value is -3.04. The van der Waals surface area contributed by atoms with Crippen LogP contribution in [0, 0.1) is 5.92 Å². The van der Waals surface area contributed by atoms with Crippen molar-refractivity contribution in [2.24, 2.45) is 5.92 Å². The SMILES string of the molecule is CC(C)(C)OC(=O)C(c1cccc2cnn(C3CCOC3)c12)N1CC[C@@H](C(F)CCCCc2ccc3c(n2)NCCC3)C1. The number of halogens is 1. The highest BCUT2D eigenvalue weighted by atomic mass is 19.1. The van der Waals surface area contributed by atoms with Gasteiger partial charge in [-0.3, -0.25) is 9.58 Å². The molecule has 0 saturated carbocycles. The Morgan fingerprint density at radius 1 is 1.21 bits per heavy atom. The van der Waals surface area contributed by atoms with Gasteiger partial charge < -0.3 is 14.8 Å². The molecule has 2 fully saturated rings. The van der Waals surface area contributed by atoms with Crippen molar-refractivity contribution < 1.29 is 18.7 Å². The lowest BCUT2D eigenvalue weighted by Gasteiger charge is -2.31. The van der Waals surface area contributed by atoms with E-state index in [1.165, 1.54) is 5.56 Å². The highest BCUT2D eigenvalue weighted by molar-refractivity contribution is 5.89. The van der Waals surface area contributed by atoms with E-state index >= 15 is 4.39 Å². The largest absolute Gasteiger partial charge is 0.459 e. The van der Waals surface area contributed by atoms with Gasteiger partial charge in [-0.25, -0.2) is 14.2 Å². The molecule has 0 aliphatic carbocycles. The van der Waals surface area contributed by atoms with Crippen LogP contribution in [0.3, 0.4) is 0 Å². The number of pyridine rings is 1. The number of esters is 1. The van der Waals surface area contributed by atoms with E-state index in [1.807, 2.05) is 49.8 Å². The van der Waals surface area contributed by atoms with E-state index in [0.29, 0.717) is 32.7 Å². The first-order valence-electron chi connectivity index (χ1n) is 16.1. The number of fused-ring (bicyclic) bond motifs is 2. The fourth-order valence-corrected chi connectivity index (χ4v) is 6.91. The molecule has 5 heterocycles. The van der Waals surface area contributed by atoms with Crippen LogP contribution in [0.4, 0.5) is 10.2 Å². The molecule has 2 aromatic heterocycles. The fourth-order valence-electron chi connectivity index (χ4n) is 6.91. The summed E-state index contributed by atoms with van der Waals surface area (Å²) in [6.45, 7) is 9.15. The van der Waals surface area contributed by atoms with E-state index in [0.717, 1.165) is 79.5 Å². The fraction of sp³-hybridized carbons (Fsp3) is 0.618. The molecular formula is C34H46FN5O3. The predicted octanol–water partition coefficient (Wildman–Crippen LogP) is 6.21. The van der Waals surface area contributed by atoms with Crippen LogP contribution in [0.5, 0.6) is 0 Å². The normalized spacial score (nSPS) is 22.3. The molecule has 4 atom stereocenters. The minimum absolute atomic E-state index is 0.108. The second-order valence-corrected chi connectivity index (χ2v) is 13.5. The van der Waals surface area contributed by atoms with Crippen LogP contribution in [-0.2, 0) is 27.1 Å². The summed E-state index contributed by atoms with van der Waals surface area (Å²) in [5, 5.41) is 9.09. The Morgan fingerprint density at radius 3 is 2.91 bits per heavy atom. The number of rotatable bonds is 10. The maximum atomic E-state index is 15.6. The number of aryl methyl sites for hydroxylation is 2. The van der Waals surface area contributed by atoms with Crippen LogP contribution in [0.2, 0.25) is 0 Å². The summed E-state index contributed by atoms with van der Waals surface area (Å²) < 4.78 is 29.3. The predicted molar refractivity (Wildman–Crippen MR) is 166 cm³/mol. The summed E-state index contributed by atoms with van der Waals surface area (Å²) in [5.74, 6) is 0.620. The average molecular weight is 592 g/mol. The molecule has 0 radical (unpaired) electrons. The van der Waals surface area contributed by atoms with E-state index in [-0.39, 0.29) is 17.9 Å². The number of benzene rings is 1. The van der Waals surface area contributed by atoms with Crippen LogP contribution in [-0.4, -0.2) is 70.3 Å². The summed E-state index contributed by atoms with van der Waals surface area (Å²) in [6, 6.07) is 9.83. The number of carbonyl (C=O) groups excluding carboxylic acids is 1. The molecule has 1 aromatic carbocycles. The number of likely N-dealkylation sites (tertiary alicyclic amines) is 1. The molecule has 232 valence electrons. The molecule has 43 heavy (non-hydrogen) atoms. The lowest BCUT2D eigenvalue weighted by molar-refractivity contribution is -0.161. The lowest BCUT2D eigenvalue weighted by atomic mass is 9.97. The van der Waals surface area contributed by atoms with Crippen LogP contribution in [0.1, 0.15) is 88.2 Å². The first kappa shape index (κ1) is 30.0. The summed E-state index contributed by atoms with van der Waals surface area (Å²) >= 11 is 0. The second-order valence-electron chi connectivity index (χ2n) is 13.5. The molecule has 9 heteroatoms. The average Bonchev–Trinajstić information content (AvgIpc) is 3.76. The third kappa shape index (κ3) is 6.88. The van der Waals surface area contributed by atoms with Gasteiger partial charge >= 0.3 is 5.97 Å². The molecule has 0 bridgehead atoms. The minimum atomic E-state index is -0.903. The smallest absolute Gasteiger partial charge is 0.328 e. The van der Waals surface area contributed by atoms with Crippen molar-refractivity contribution in [1.29, 1.82) is 0 Å². The van der Waals surface area contributed by atoms with Crippen molar-refractivity contribution in [2.45, 2.75) is 96.0 Å². The Balaban J connectivity index is 1.13. The molecule has 2 saturated heterocycles. The third-order valence-corrected chi connectivity index (χ3v) is 9.07. The molecule has 3 aliphatic heterocycles. The number of carbonyl (C=O) groups is 1. The number of aromatic nitrogens is 3. The third-order valence-electron chi connectivity index (χ3n) is 9.07. The monoisotopic (exact) mass is 591 g/mol. The molecule has 8 nitrogen and oxygen atoms in total. The maximum absolute atomic E-state index is 15.6. The molecule has 3 unspecified atom stereocenters. The van der Waals surface area contributed by atoms with Gasteiger partial charge in [-0.05, 0) is 83.9 Å². The van der Waals surface area contributed by atoms with Gasteiger partial charge in [-0.2, -0.15) is 5.10 Å². The van der Waals surface area contributed by atoms with E-state index in [2.05, 4.69) is 22.3 Å². The second kappa shape index (κ2) is 12.9. The number of alkyl halides is 1. The molecule has 6 rings (SSSR count). The van der Waals surface area contributed by atoms with Crippen LogP contribution >= 0.6 is 0 Å². The van der Waals surface area contributed by atoms with Gasteiger partial charge in [-0.1, -0.05) is 30.7 Å². The molecule has 3 aromatic rings. The van der Waals surface area contributed by atoms with Crippen molar-refractivity contribution in [3.05, 3.63) is 53.3 Å². The number of para-hydroxylation sites is 1. The van der Waals surface area contributed by atoms with Crippen molar-refractivity contribution in [3.63, 3.8) is 0 Å². The van der Waals surface area contributed by atoms with Gasteiger partial charge in [0.25, 0.3) is 0 Å². The standard InChI is InChI=1S/C34H46FN5O3/c1-34(2,3)43-33(41)31(28-11-6-8-24-20-37-40(30(24)28)27-16-19-42-22-27)39-18-15-25(21-39)29(35)12-5-4-10-26-14-13-23-9-7-17-36-32(23)38-26/h6,8,11,13-14,20,25,27,29,31H,4-5,7,9-10,12,15-19,21-22H2,1-3H3,(H,36,38)/t25-,27?,29?,31?/m1/s1. The summed E-state index contributed by atoms with van der Waals surface area (Å²) in [4.78, 5) is 20.8. The summed E-state index contributed by atoms with van der Waals surface area (Å²) in [6.07, 6.45) is 7.94. The number of nitrogens with one attached hydrogen (secondary N) is 1. The zero-order valence-corrected chi connectivity index (χ0v) is 25.9. The first-order valence-corrected chi connectivity index (χ1v) is 16.1. The van der Waals surface area contributed by atoms with Crippen LogP contribution in [0.25, 0.3) is 10.9 Å². The van der Waals surface area contributed by atoms with Crippen molar-refractivity contribution in [1.82, 2.24) is 19.7 Å². The highest BCUT2D eigenvalue weighted by Crippen LogP contribution is 2.37. The van der Waals surface area contributed by atoms with Crippen LogP contribution < -0.4 is 5.32 Å². The summed E-state index contributed by atoms with van der Waals surface area (Å²) in [5.41, 5.74) is 3.56. The van der Waals surface area contributed by atoms with E-state index in [9.17, 15) is 4.79 Å². The number of ether oxygens (including phenoxy) is 2. The van der Waals surface area contributed by atoms with Gasteiger partial charge in [0.05, 0.1) is 24.4 Å². The lowest BCUT2D eigenvalue weighted by Crippen LogP contribution is -2.38. The Labute approximate surface area is 254 Å². The number of hydrogen-bond donors (Lipinski definition) is 1. The topological polar surface area (TPSA) is 81.5 Å². The van der Waals surface area contributed by atoms with E-state index in [4.69, 9.17) is 19.6 Å². The van der Waals surface area contributed by atoms with Crippen LogP contribution in [0.15, 0.2) is 36.5 Å². The summed E-state index contributed by atoms with van der Waals surface area (Å²) in [7, 11) is 0. The first-order chi connectivity index (χ1) is 20.8. The van der Waals surface area contributed by atoms with E-state index < -0.39 is 17.8 Å². The molecular weight excluding hydrogens is 545 g/mol. The number of anilines is 1. The maximum Gasteiger partial charge on any atom is 0.328 e. The molecule has 0 spiro atoms. The van der Waals surface area contributed by atoms with Gasteiger partial charge in [-0.15, -0.1) is 0 Å². The van der Waals surface area contributed by atoms with Gasteiger partial charge in [0.15, 0.2) is 0 Å². The number of hydrogen-bond acceptors (Lipinski definition) is 7.